The van der Waals surface area contributed by atoms with E-state index in [1.54, 1.807) is 0 Å². The zero-order chi connectivity index (χ0) is 17.2. The molecular weight excluding hydrogens is 306 g/mol. The minimum Gasteiger partial charge on any atom is -0.466 e. The van der Waals surface area contributed by atoms with Crippen LogP contribution in [-0.2, 0) is 14.3 Å². The number of halogens is 2. The number of rotatable bonds is 9. The molecule has 0 aromatic heterocycles. The summed E-state index contributed by atoms with van der Waals surface area (Å²) in [6.07, 6.45) is 2.15. The van der Waals surface area contributed by atoms with Crippen molar-refractivity contribution >= 4 is 11.9 Å². The van der Waals surface area contributed by atoms with Crippen molar-refractivity contribution in [3.05, 3.63) is 29.8 Å². The molecule has 0 fully saturated rings. The van der Waals surface area contributed by atoms with Gasteiger partial charge in [0.1, 0.15) is 17.4 Å². The summed E-state index contributed by atoms with van der Waals surface area (Å²) in [6, 6.07) is 2.53. The average molecular weight is 328 g/mol. The van der Waals surface area contributed by atoms with Crippen LogP contribution < -0.4 is 4.74 Å². The maximum atomic E-state index is 12.9. The van der Waals surface area contributed by atoms with Crippen LogP contribution in [0.5, 0.6) is 5.75 Å². The Hall–Kier alpha value is -1.98. The first-order chi connectivity index (χ1) is 10.9. The Morgan fingerprint density at radius 2 is 1.61 bits per heavy atom. The fourth-order valence-electron chi connectivity index (χ4n) is 1.90. The summed E-state index contributed by atoms with van der Waals surface area (Å²) in [6.45, 7) is 4.57. The van der Waals surface area contributed by atoms with Crippen LogP contribution >= 0.6 is 0 Å². The van der Waals surface area contributed by atoms with Gasteiger partial charge in [0, 0.05) is 31.0 Å². The highest BCUT2D eigenvalue weighted by Crippen LogP contribution is 2.16. The van der Waals surface area contributed by atoms with E-state index in [2.05, 4.69) is 13.8 Å². The SMILES string of the molecule is CC(C)CCCOC(=O)CCCC(=O)Oc1cc(F)cc(F)c1. The molecule has 0 heterocycles. The van der Waals surface area contributed by atoms with Crippen LogP contribution in [0.4, 0.5) is 8.78 Å². The van der Waals surface area contributed by atoms with Gasteiger partial charge in [-0.3, -0.25) is 9.59 Å². The van der Waals surface area contributed by atoms with Gasteiger partial charge in [0.25, 0.3) is 0 Å². The number of hydrogen-bond acceptors (Lipinski definition) is 4. The van der Waals surface area contributed by atoms with E-state index in [0.717, 1.165) is 25.0 Å². The van der Waals surface area contributed by atoms with Crippen LogP contribution in [0.15, 0.2) is 18.2 Å². The van der Waals surface area contributed by atoms with Crippen molar-refractivity contribution in [2.45, 2.75) is 46.0 Å². The molecule has 128 valence electrons. The zero-order valence-corrected chi connectivity index (χ0v) is 13.4. The summed E-state index contributed by atoms with van der Waals surface area (Å²) in [4.78, 5) is 23.0. The monoisotopic (exact) mass is 328 g/mol. The Bertz CT molecular complexity index is 509. The van der Waals surface area contributed by atoms with Gasteiger partial charge < -0.3 is 9.47 Å². The fraction of sp³-hybridized carbons (Fsp3) is 0.529. The highest BCUT2D eigenvalue weighted by molar-refractivity contribution is 5.74. The molecule has 0 N–H and O–H groups in total. The fourth-order valence-corrected chi connectivity index (χ4v) is 1.90. The van der Waals surface area contributed by atoms with Crippen LogP contribution in [0.2, 0.25) is 0 Å². The molecule has 0 aliphatic heterocycles. The molecule has 0 amide bonds. The van der Waals surface area contributed by atoms with Crippen LogP contribution in [-0.4, -0.2) is 18.5 Å². The summed E-state index contributed by atoms with van der Waals surface area (Å²) in [7, 11) is 0. The zero-order valence-electron chi connectivity index (χ0n) is 13.4. The molecule has 1 rings (SSSR count). The second kappa shape index (κ2) is 9.92. The summed E-state index contributed by atoms with van der Waals surface area (Å²) in [5.74, 6) is -2.28. The Morgan fingerprint density at radius 1 is 1.00 bits per heavy atom. The van der Waals surface area contributed by atoms with Crippen molar-refractivity contribution in [3.8, 4) is 5.75 Å². The van der Waals surface area contributed by atoms with Gasteiger partial charge in [-0.2, -0.15) is 0 Å². The lowest BCUT2D eigenvalue weighted by molar-refractivity contribution is -0.144. The van der Waals surface area contributed by atoms with Gasteiger partial charge in [-0.05, 0) is 25.2 Å². The second-order valence-electron chi connectivity index (χ2n) is 5.69. The molecule has 6 heteroatoms. The summed E-state index contributed by atoms with van der Waals surface area (Å²) < 4.78 is 35.7. The quantitative estimate of drug-likeness (QED) is 0.390. The van der Waals surface area contributed by atoms with Crippen molar-refractivity contribution in [2.75, 3.05) is 6.61 Å². The highest BCUT2D eigenvalue weighted by atomic mass is 19.1. The van der Waals surface area contributed by atoms with E-state index in [9.17, 15) is 18.4 Å². The van der Waals surface area contributed by atoms with Crippen molar-refractivity contribution in [2.24, 2.45) is 5.92 Å². The smallest absolute Gasteiger partial charge is 0.311 e. The van der Waals surface area contributed by atoms with E-state index >= 15 is 0 Å². The molecule has 0 saturated carbocycles. The number of carbonyl (C=O) groups is 2. The summed E-state index contributed by atoms with van der Waals surface area (Å²) in [5.41, 5.74) is 0. The Kier molecular flexibility index (Phi) is 8.22. The van der Waals surface area contributed by atoms with E-state index in [1.807, 2.05) is 0 Å². The van der Waals surface area contributed by atoms with Crippen LogP contribution in [0, 0.1) is 17.6 Å². The van der Waals surface area contributed by atoms with Gasteiger partial charge in [0.2, 0.25) is 0 Å². The third kappa shape index (κ3) is 8.90. The molecule has 1 aromatic rings. The summed E-state index contributed by atoms with van der Waals surface area (Å²) >= 11 is 0. The number of esters is 2. The van der Waals surface area contributed by atoms with Gasteiger partial charge in [0.05, 0.1) is 6.61 Å². The van der Waals surface area contributed by atoms with Crippen molar-refractivity contribution in [3.63, 3.8) is 0 Å². The predicted molar refractivity (Wildman–Crippen MR) is 80.9 cm³/mol. The highest BCUT2D eigenvalue weighted by Gasteiger charge is 2.10. The summed E-state index contributed by atoms with van der Waals surface area (Å²) in [5, 5.41) is 0. The third-order valence-corrected chi connectivity index (χ3v) is 3.02. The first-order valence-corrected chi connectivity index (χ1v) is 7.69. The van der Waals surface area contributed by atoms with Crippen molar-refractivity contribution in [1.82, 2.24) is 0 Å². The van der Waals surface area contributed by atoms with Gasteiger partial charge in [-0.15, -0.1) is 0 Å². The third-order valence-electron chi connectivity index (χ3n) is 3.02. The molecule has 0 unspecified atom stereocenters. The van der Waals surface area contributed by atoms with E-state index in [-0.39, 0.29) is 31.0 Å². The van der Waals surface area contributed by atoms with Gasteiger partial charge in [-0.25, -0.2) is 8.78 Å². The standard InChI is InChI=1S/C17H22F2O4/c1-12(2)5-4-8-22-16(20)6-3-7-17(21)23-15-10-13(18)9-14(19)11-15/h9-12H,3-8H2,1-2H3. The van der Waals surface area contributed by atoms with Gasteiger partial charge in [0.15, 0.2) is 0 Å². The van der Waals surface area contributed by atoms with Crippen molar-refractivity contribution in [1.29, 1.82) is 0 Å². The number of hydrogen-bond donors (Lipinski definition) is 0. The van der Waals surface area contributed by atoms with E-state index in [0.29, 0.717) is 18.6 Å². The molecule has 0 aliphatic rings. The molecule has 0 saturated heterocycles. The predicted octanol–water partition coefficient (Wildman–Crippen LogP) is 4.02. The largest absolute Gasteiger partial charge is 0.466 e. The van der Waals surface area contributed by atoms with Gasteiger partial charge in [-0.1, -0.05) is 13.8 Å². The maximum absolute atomic E-state index is 12.9. The lowest BCUT2D eigenvalue weighted by Gasteiger charge is -2.07. The first kappa shape index (κ1) is 19.1. The number of ether oxygens (including phenoxy) is 2. The van der Waals surface area contributed by atoms with E-state index in [1.165, 1.54) is 0 Å². The Balaban J connectivity index is 2.19. The van der Waals surface area contributed by atoms with Crippen molar-refractivity contribution < 1.29 is 27.8 Å². The normalized spacial score (nSPS) is 10.7. The molecule has 0 aliphatic carbocycles. The molecule has 4 nitrogen and oxygen atoms in total. The molecule has 0 atom stereocenters. The molecule has 0 spiro atoms. The Morgan fingerprint density at radius 3 is 2.22 bits per heavy atom. The second-order valence-corrected chi connectivity index (χ2v) is 5.69. The minimum absolute atomic E-state index is 0.0285. The number of benzene rings is 1. The maximum Gasteiger partial charge on any atom is 0.311 e. The lowest BCUT2D eigenvalue weighted by atomic mass is 10.1. The molecule has 1 aromatic carbocycles. The van der Waals surface area contributed by atoms with Gasteiger partial charge >= 0.3 is 11.9 Å². The molecular formula is C17H22F2O4. The minimum atomic E-state index is -0.822. The first-order valence-electron chi connectivity index (χ1n) is 7.69. The topological polar surface area (TPSA) is 52.6 Å². The number of carbonyl (C=O) groups excluding carboxylic acids is 2. The van der Waals surface area contributed by atoms with Crippen LogP contribution in [0.3, 0.4) is 0 Å². The Labute approximate surface area is 134 Å². The van der Waals surface area contributed by atoms with Crippen LogP contribution in [0.1, 0.15) is 46.0 Å². The molecule has 23 heavy (non-hydrogen) atoms. The molecule has 0 radical (unpaired) electrons. The lowest BCUT2D eigenvalue weighted by Crippen LogP contribution is -2.11. The molecule has 0 bridgehead atoms. The van der Waals surface area contributed by atoms with Crippen LogP contribution in [0.25, 0.3) is 0 Å². The van der Waals surface area contributed by atoms with E-state index < -0.39 is 17.6 Å². The van der Waals surface area contributed by atoms with E-state index in [4.69, 9.17) is 9.47 Å². The average Bonchev–Trinajstić information content (AvgIpc) is 2.42.